The molecule has 0 N–H and O–H groups in total. The van der Waals surface area contributed by atoms with Crippen LogP contribution in [0.4, 0.5) is 4.39 Å². The number of ether oxygens (including phenoxy) is 1. The molecule has 0 aliphatic heterocycles. The van der Waals surface area contributed by atoms with Gasteiger partial charge in [-0.2, -0.15) is 0 Å². The summed E-state index contributed by atoms with van der Waals surface area (Å²) >= 11 is 3.14. The van der Waals surface area contributed by atoms with Crippen molar-refractivity contribution in [3.8, 4) is 0 Å². The molecule has 0 unspecified atom stereocenters. The molecule has 0 radical (unpaired) electrons. The van der Waals surface area contributed by atoms with Crippen molar-refractivity contribution in [3.63, 3.8) is 0 Å². The molecule has 0 atom stereocenters. The van der Waals surface area contributed by atoms with Gasteiger partial charge in [0.05, 0.1) is 19.5 Å². The highest BCUT2D eigenvalue weighted by Crippen LogP contribution is 2.20. The maximum atomic E-state index is 13.4. The maximum Gasteiger partial charge on any atom is 0.242 e. The molecule has 0 fully saturated rings. The van der Waals surface area contributed by atoms with E-state index in [0.717, 1.165) is 20.9 Å². The molecule has 0 bridgehead atoms. The Hall–Kier alpha value is -2.55. The first-order valence-corrected chi connectivity index (χ1v) is 12.6. The minimum Gasteiger partial charge on any atom is -0.385 e. The first kappa shape index (κ1) is 25.1. The summed E-state index contributed by atoms with van der Waals surface area (Å²) in [7, 11) is 1.62. The van der Waals surface area contributed by atoms with Crippen molar-refractivity contribution in [2.45, 2.75) is 32.9 Å². The molecule has 0 saturated heterocycles. The number of rotatable bonds is 12. The van der Waals surface area contributed by atoms with Crippen LogP contribution >= 0.6 is 22.7 Å². The van der Waals surface area contributed by atoms with Crippen molar-refractivity contribution < 1.29 is 18.7 Å². The molecule has 5 nitrogen and oxygen atoms in total. The molecule has 1 aromatic carbocycles. The lowest BCUT2D eigenvalue weighted by atomic mass is 10.2. The summed E-state index contributed by atoms with van der Waals surface area (Å²) in [5, 5.41) is 3.95. The minimum absolute atomic E-state index is 0.000456. The van der Waals surface area contributed by atoms with Gasteiger partial charge in [0.25, 0.3) is 0 Å². The van der Waals surface area contributed by atoms with Crippen LogP contribution in [0.5, 0.6) is 0 Å². The van der Waals surface area contributed by atoms with Gasteiger partial charge < -0.3 is 14.5 Å². The first-order chi connectivity index (χ1) is 16.0. The number of carbonyl (C=O) groups excluding carboxylic acids is 2. The van der Waals surface area contributed by atoms with E-state index in [4.69, 9.17) is 4.74 Å². The van der Waals surface area contributed by atoms with E-state index in [-0.39, 0.29) is 30.6 Å². The number of aryl methyl sites for hydroxylation is 1. The average Bonchev–Trinajstić information content (AvgIpc) is 3.45. The van der Waals surface area contributed by atoms with Crippen molar-refractivity contribution in [3.05, 3.63) is 79.9 Å². The number of benzene rings is 1. The Bertz CT molecular complexity index is 1020. The summed E-state index contributed by atoms with van der Waals surface area (Å²) in [4.78, 5) is 31.9. The van der Waals surface area contributed by atoms with Crippen LogP contribution in [-0.4, -0.2) is 48.4 Å². The van der Waals surface area contributed by atoms with E-state index in [9.17, 15) is 14.0 Å². The summed E-state index contributed by atoms with van der Waals surface area (Å²) < 4.78 is 18.5. The number of amides is 2. The highest BCUT2D eigenvalue weighted by Gasteiger charge is 2.23. The molecule has 0 aliphatic carbocycles. The van der Waals surface area contributed by atoms with Crippen molar-refractivity contribution in [1.82, 2.24) is 9.80 Å². The second-order valence-corrected chi connectivity index (χ2v) is 9.85. The summed E-state index contributed by atoms with van der Waals surface area (Å²) in [5.74, 6) is -0.519. The summed E-state index contributed by atoms with van der Waals surface area (Å²) in [5.41, 5.74) is 1.97. The van der Waals surface area contributed by atoms with Gasteiger partial charge in [0.15, 0.2) is 0 Å². The van der Waals surface area contributed by atoms with Gasteiger partial charge in [-0.3, -0.25) is 9.59 Å². The molecule has 0 saturated carbocycles. The number of nitrogens with zero attached hydrogens (tertiary/aromatic N) is 2. The number of methoxy groups -OCH3 is 1. The Kier molecular flexibility index (Phi) is 9.60. The highest BCUT2D eigenvalue weighted by atomic mass is 32.1. The third-order valence-corrected chi connectivity index (χ3v) is 7.19. The number of hydrogen-bond acceptors (Lipinski definition) is 5. The zero-order chi connectivity index (χ0) is 23.6. The molecule has 2 amide bonds. The molecule has 0 aliphatic rings. The SMILES string of the molecule is COCCCN(CC(=O)N(Cc1ccc(F)cc1)Cc1sccc1C)C(=O)Cc1cccs1. The predicted molar refractivity (Wildman–Crippen MR) is 131 cm³/mol. The van der Waals surface area contributed by atoms with Gasteiger partial charge in [0.2, 0.25) is 11.8 Å². The molecule has 2 aromatic heterocycles. The lowest BCUT2D eigenvalue weighted by Gasteiger charge is -2.28. The van der Waals surface area contributed by atoms with Crippen LogP contribution in [0, 0.1) is 12.7 Å². The Morgan fingerprint density at radius 3 is 2.39 bits per heavy atom. The van der Waals surface area contributed by atoms with Crippen molar-refractivity contribution in [2.24, 2.45) is 0 Å². The lowest BCUT2D eigenvalue weighted by molar-refractivity contribution is -0.141. The molecule has 33 heavy (non-hydrogen) atoms. The largest absolute Gasteiger partial charge is 0.385 e. The molecule has 8 heteroatoms. The highest BCUT2D eigenvalue weighted by molar-refractivity contribution is 7.10. The number of carbonyl (C=O) groups is 2. The van der Waals surface area contributed by atoms with Crippen LogP contribution in [0.1, 0.15) is 27.3 Å². The van der Waals surface area contributed by atoms with Crippen LogP contribution in [0.15, 0.2) is 53.2 Å². The van der Waals surface area contributed by atoms with E-state index >= 15 is 0 Å². The van der Waals surface area contributed by atoms with Gasteiger partial charge in [-0.1, -0.05) is 18.2 Å². The summed E-state index contributed by atoms with van der Waals surface area (Å²) in [6.07, 6.45) is 0.932. The second kappa shape index (κ2) is 12.6. The number of hydrogen-bond donors (Lipinski definition) is 0. The van der Waals surface area contributed by atoms with E-state index in [0.29, 0.717) is 32.7 Å². The number of halogens is 1. The Labute approximate surface area is 202 Å². The summed E-state index contributed by atoms with van der Waals surface area (Å²) in [6, 6.07) is 12.1. The van der Waals surface area contributed by atoms with E-state index < -0.39 is 0 Å². The normalized spacial score (nSPS) is 10.9. The fourth-order valence-electron chi connectivity index (χ4n) is 3.41. The van der Waals surface area contributed by atoms with Gasteiger partial charge in [-0.15, -0.1) is 22.7 Å². The van der Waals surface area contributed by atoms with Crippen LogP contribution in [-0.2, 0) is 33.8 Å². The van der Waals surface area contributed by atoms with Crippen molar-refractivity contribution >= 4 is 34.5 Å². The Morgan fingerprint density at radius 2 is 1.76 bits per heavy atom. The van der Waals surface area contributed by atoms with E-state index in [1.165, 1.54) is 23.5 Å². The fourth-order valence-corrected chi connectivity index (χ4v) is 5.03. The van der Waals surface area contributed by atoms with Gasteiger partial charge in [-0.05, 0) is 59.5 Å². The van der Waals surface area contributed by atoms with Crippen LogP contribution in [0.25, 0.3) is 0 Å². The van der Waals surface area contributed by atoms with E-state index in [2.05, 4.69) is 0 Å². The zero-order valence-corrected chi connectivity index (χ0v) is 20.6. The lowest BCUT2D eigenvalue weighted by Crippen LogP contribution is -2.43. The Balaban J connectivity index is 1.75. The minimum atomic E-state index is -0.311. The smallest absolute Gasteiger partial charge is 0.242 e. The van der Waals surface area contributed by atoms with Gasteiger partial charge in [0.1, 0.15) is 5.82 Å². The quantitative estimate of drug-likeness (QED) is 0.341. The van der Waals surface area contributed by atoms with Gasteiger partial charge in [-0.25, -0.2) is 4.39 Å². The molecular formula is C25H29FN2O3S2. The van der Waals surface area contributed by atoms with E-state index in [1.807, 2.05) is 35.9 Å². The molecule has 3 aromatic rings. The molecule has 3 rings (SSSR count). The second-order valence-electron chi connectivity index (χ2n) is 7.82. The van der Waals surface area contributed by atoms with Gasteiger partial charge in [0, 0.05) is 36.6 Å². The van der Waals surface area contributed by atoms with Crippen molar-refractivity contribution in [1.29, 1.82) is 0 Å². The third-order valence-electron chi connectivity index (χ3n) is 5.30. The zero-order valence-electron chi connectivity index (χ0n) is 19.0. The molecule has 176 valence electrons. The molecular weight excluding hydrogens is 459 g/mol. The third kappa shape index (κ3) is 7.77. The maximum absolute atomic E-state index is 13.4. The Morgan fingerprint density at radius 1 is 0.970 bits per heavy atom. The summed E-state index contributed by atoms with van der Waals surface area (Å²) in [6.45, 7) is 3.79. The van der Waals surface area contributed by atoms with Crippen molar-refractivity contribution in [2.75, 3.05) is 26.8 Å². The fraction of sp³-hybridized carbons (Fsp3) is 0.360. The molecule has 0 spiro atoms. The number of thiophene rings is 2. The van der Waals surface area contributed by atoms with Gasteiger partial charge >= 0.3 is 0 Å². The average molecular weight is 489 g/mol. The first-order valence-electron chi connectivity index (χ1n) is 10.8. The standard InChI is InChI=1S/C25H29FN2O3S2/c1-19-10-14-33-23(19)17-28(16-20-6-8-21(26)9-7-20)25(30)18-27(11-4-12-31-2)24(29)15-22-5-3-13-32-22/h3,5-10,13-14H,4,11-12,15-18H2,1-2H3. The monoisotopic (exact) mass is 488 g/mol. The predicted octanol–water partition coefficient (Wildman–Crippen LogP) is 4.89. The van der Waals surface area contributed by atoms with Crippen LogP contribution in [0.2, 0.25) is 0 Å². The topological polar surface area (TPSA) is 49.9 Å². The van der Waals surface area contributed by atoms with E-state index in [1.54, 1.807) is 40.4 Å². The van der Waals surface area contributed by atoms with Crippen LogP contribution in [0.3, 0.4) is 0 Å². The molecule has 2 heterocycles. The van der Waals surface area contributed by atoms with Crippen LogP contribution < -0.4 is 0 Å².